The molecule has 0 atom stereocenters. The van der Waals surface area contributed by atoms with Crippen molar-refractivity contribution in [3.8, 4) is 5.75 Å². The first kappa shape index (κ1) is 11.2. The second-order valence-electron chi connectivity index (χ2n) is 2.98. The van der Waals surface area contributed by atoms with E-state index in [9.17, 15) is 4.79 Å². The number of aromatic nitrogens is 2. The zero-order chi connectivity index (χ0) is 11.3. The third kappa shape index (κ3) is 3.08. The van der Waals surface area contributed by atoms with Gasteiger partial charge < -0.3 is 14.7 Å². The highest BCUT2D eigenvalue weighted by molar-refractivity contribution is 5.67. The summed E-state index contributed by atoms with van der Waals surface area (Å²) < 4.78 is 5.06. The van der Waals surface area contributed by atoms with Crippen molar-refractivity contribution in [1.29, 1.82) is 0 Å². The third-order valence-corrected chi connectivity index (χ3v) is 1.90. The maximum Gasteiger partial charge on any atom is 0.305 e. The number of nitrogens with zero attached hydrogens (tertiary/aromatic N) is 3. The van der Waals surface area contributed by atoms with Crippen LogP contribution >= 0.6 is 0 Å². The van der Waals surface area contributed by atoms with Crippen LogP contribution < -0.4 is 9.64 Å². The SMILES string of the molecule is COc1cncnc1N(C)CCC(=O)O. The smallest absolute Gasteiger partial charge is 0.305 e. The number of aliphatic carboxylic acids is 1. The van der Waals surface area contributed by atoms with Gasteiger partial charge in [0.05, 0.1) is 19.7 Å². The van der Waals surface area contributed by atoms with E-state index in [-0.39, 0.29) is 6.42 Å². The molecule has 0 saturated heterocycles. The molecule has 15 heavy (non-hydrogen) atoms. The summed E-state index contributed by atoms with van der Waals surface area (Å²) in [6.45, 7) is 0.378. The van der Waals surface area contributed by atoms with Gasteiger partial charge in [-0.2, -0.15) is 0 Å². The Bertz CT molecular complexity index is 343. The molecule has 0 aliphatic carbocycles. The Kier molecular flexibility index (Phi) is 3.84. The van der Waals surface area contributed by atoms with Crippen LogP contribution in [-0.4, -0.2) is 41.7 Å². The van der Waals surface area contributed by atoms with E-state index < -0.39 is 5.97 Å². The molecule has 1 N–H and O–H groups in total. The molecule has 6 nitrogen and oxygen atoms in total. The number of carboxylic acid groups (broad SMARTS) is 1. The Morgan fingerprint density at radius 2 is 2.40 bits per heavy atom. The van der Waals surface area contributed by atoms with Crippen molar-refractivity contribution in [2.75, 3.05) is 25.6 Å². The summed E-state index contributed by atoms with van der Waals surface area (Å²) in [7, 11) is 3.28. The summed E-state index contributed by atoms with van der Waals surface area (Å²) in [5, 5.41) is 8.55. The molecule has 1 heterocycles. The Hall–Kier alpha value is -1.85. The third-order valence-electron chi connectivity index (χ3n) is 1.90. The molecular formula is C9H13N3O3. The molecule has 0 fully saturated rings. The number of carbonyl (C=O) groups is 1. The van der Waals surface area contributed by atoms with Gasteiger partial charge in [-0.3, -0.25) is 4.79 Å². The molecule has 82 valence electrons. The summed E-state index contributed by atoms with van der Waals surface area (Å²) in [4.78, 5) is 20.0. The lowest BCUT2D eigenvalue weighted by Gasteiger charge is -2.18. The summed E-state index contributed by atoms with van der Waals surface area (Å²) in [6.07, 6.45) is 3.00. The van der Waals surface area contributed by atoms with Crippen LogP contribution in [-0.2, 0) is 4.79 Å². The van der Waals surface area contributed by atoms with Gasteiger partial charge >= 0.3 is 5.97 Å². The van der Waals surface area contributed by atoms with Crippen molar-refractivity contribution >= 4 is 11.8 Å². The van der Waals surface area contributed by atoms with E-state index in [0.717, 1.165) is 0 Å². The van der Waals surface area contributed by atoms with E-state index in [1.807, 2.05) is 0 Å². The fourth-order valence-corrected chi connectivity index (χ4v) is 1.11. The zero-order valence-corrected chi connectivity index (χ0v) is 8.67. The van der Waals surface area contributed by atoms with Crippen LogP contribution in [0.5, 0.6) is 5.75 Å². The van der Waals surface area contributed by atoms with Crippen molar-refractivity contribution in [3.05, 3.63) is 12.5 Å². The van der Waals surface area contributed by atoms with Gasteiger partial charge in [-0.15, -0.1) is 0 Å². The number of anilines is 1. The Labute approximate surface area is 87.5 Å². The quantitative estimate of drug-likeness (QED) is 0.759. The number of carboxylic acids is 1. The van der Waals surface area contributed by atoms with E-state index in [4.69, 9.17) is 9.84 Å². The van der Waals surface area contributed by atoms with Gasteiger partial charge in [-0.1, -0.05) is 0 Å². The Balaban J connectivity index is 2.72. The second kappa shape index (κ2) is 5.14. The lowest BCUT2D eigenvalue weighted by molar-refractivity contribution is -0.136. The predicted octanol–water partition coefficient (Wildman–Crippen LogP) is 0.396. The minimum atomic E-state index is -0.838. The standard InChI is InChI=1S/C9H13N3O3/c1-12(4-3-8(13)14)9-7(15-2)5-10-6-11-9/h5-6H,3-4H2,1-2H3,(H,13,14). The molecule has 6 heteroatoms. The monoisotopic (exact) mass is 211 g/mol. The average Bonchev–Trinajstić information content (AvgIpc) is 2.25. The van der Waals surface area contributed by atoms with E-state index in [2.05, 4.69) is 9.97 Å². The van der Waals surface area contributed by atoms with Crippen molar-refractivity contribution < 1.29 is 14.6 Å². The normalized spacial score (nSPS) is 9.73. The fourth-order valence-electron chi connectivity index (χ4n) is 1.11. The molecule has 1 rings (SSSR count). The number of methoxy groups -OCH3 is 1. The van der Waals surface area contributed by atoms with Crippen LogP contribution in [0.25, 0.3) is 0 Å². The predicted molar refractivity (Wildman–Crippen MR) is 54.1 cm³/mol. The average molecular weight is 211 g/mol. The van der Waals surface area contributed by atoms with Gasteiger partial charge in [-0.25, -0.2) is 9.97 Å². The van der Waals surface area contributed by atoms with Crippen molar-refractivity contribution in [2.24, 2.45) is 0 Å². The number of hydrogen-bond donors (Lipinski definition) is 1. The summed E-state index contributed by atoms with van der Waals surface area (Å²) in [6, 6.07) is 0. The summed E-state index contributed by atoms with van der Waals surface area (Å²) in [5.74, 6) is 0.286. The molecule has 0 saturated carbocycles. The first-order valence-electron chi connectivity index (χ1n) is 4.42. The molecule has 1 aromatic rings. The van der Waals surface area contributed by atoms with Crippen LogP contribution in [0.15, 0.2) is 12.5 Å². The highest BCUT2D eigenvalue weighted by atomic mass is 16.5. The maximum absolute atomic E-state index is 10.4. The first-order chi connectivity index (χ1) is 7.15. The summed E-state index contributed by atoms with van der Waals surface area (Å²) >= 11 is 0. The Morgan fingerprint density at radius 1 is 1.67 bits per heavy atom. The lowest BCUT2D eigenvalue weighted by Crippen LogP contribution is -2.22. The number of hydrogen-bond acceptors (Lipinski definition) is 5. The molecule has 0 aromatic carbocycles. The van der Waals surface area contributed by atoms with Gasteiger partial charge in [-0.05, 0) is 0 Å². The van der Waals surface area contributed by atoms with Gasteiger partial charge in [0, 0.05) is 13.6 Å². The summed E-state index contributed by atoms with van der Waals surface area (Å²) in [5.41, 5.74) is 0. The van der Waals surface area contributed by atoms with Crippen molar-refractivity contribution in [3.63, 3.8) is 0 Å². The van der Waals surface area contributed by atoms with Crippen molar-refractivity contribution in [1.82, 2.24) is 9.97 Å². The largest absolute Gasteiger partial charge is 0.491 e. The molecule has 0 bridgehead atoms. The molecule has 0 spiro atoms. The van der Waals surface area contributed by atoms with Crippen LogP contribution in [0.4, 0.5) is 5.82 Å². The molecule has 1 aromatic heterocycles. The molecular weight excluding hydrogens is 198 g/mol. The van der Waals surface area contributed by atoms with E-state index >= 15 is 0 Å². The van der Waals surface area contributed by atoms with Gasteiger partial charge in [0.15, 0.2) is 11.6 Å². The Morgan fingerprint density at radius 3 is 3.00 bits per heavy atom. The molecule has 0 radical (unpaired) electrons. The van der Waals surface area contributed by atoms with Gasteiger partial charge in [0.2, 0.25) is 0 Å². The number of ether oxygens (including phenoxy) is 1. The van der Waals surface area contributed by atoms with Crippen LogP contribution in [0.2, 0.25) is 0 Å². The highest BCUT2D eigenvalue weighted by Crippen LogP contribution is 2.22. The lowest BCUT2D eigenvalue weighted by atomic mass is 10.4. The number of rotatable bonds is 5. The van der Waals surface area contributed by atoms with Gasteiger partial charge in [0.25, 0.3) is 0 Å². The van der Waals surface area contributed by atoms with Crippen LogP contribution in [0, 0.1) is 0 Å². The topological polar surface area (TPSA) is 75.6 Å². The highest BCUT2D eigenvalue weighted by Gasteiger charge is 2.10. The minimum absolute atomic E-state index is 0.0592. The minimum Gasteiger partial charge on any atom is -0.491 e. The van der Waals surface area contributed by atoms with Crippen molar-refractivity contribution in [2.45, 2.75) is 6.42 Å². The van der Waals surface area contributed by atoms with E-state index in [1.165, 1.54) is 13.4 Å². The van der Waals surface area contributed by atoms with E-state index in [1.54, 1.807) is 18.1 Å². The van der Waals surface area contributed by atoms with E-state index in [0.29, 0.717) is 18.1 Å². The van der Waals surface area contributed by atoms with Gasteiger partial charge in [0.1, 0.15) is 6.33 Å². The molecule has 0 amide bonds. The molecule has 0 aliphatic rings. The molecule has 0 unspecified atom stereocenters. The maximum atomic E-state index is 10.4. The second-order valence-corrected chi connectivity index (χ2v) is 2.98. The van der Waals surface area contributed by atoms with Crippen LogP contribution in [0.1, 0.15) is 6.42 Å². The molecule has 0 aliphatic heterocycles. The zero-order valence-electron chi connectivity index (χ0n) is 8.67. The first-order valence-corrected chi connectivity index (χ1v) is 4.42. The fraction of sp³-hybridized carbons (Fsp3) is 0.444. The van der Waals surface area contributed by atoms with Crippen LogP contribution in [0.3, 0.4) is 0 Å².